The lowest BCUT2D eigenvalue weighted by molar-refractivity contribution is 0.670. The molecule has 1 aliphatic rings. The molecule has 248 valence electrons. The third-order valence-electron chi connectivity index (χ3n) is 9.64. The fourth-order valence-corrected chi connectivity index (χ4v) is 6.94. The number of hydrogen-bond donors (Lipinski definition) is 0. The SMILES string of the molecule is N#Cc1ccc(-c2cc(-c3ccc(C#N)cc3)c3oc4cccc(-c5ccc(-c6nc(C7=CCCC=C7)nc(-c7ccccc7)n6)cc5)c4c3c2)cc1. The molecule has 53 heavy (non-hydrogen) atoms. The Kier molecular flexibility index (Phi) is 7.97. The minimum atomic E-state index is 0.594. The summed E-state index contributed by atoms with van der Waals surface area (Å²) in [5.74, 6) is 1.92. The first-order valence-electron chi connectivity index (χ1n) is 17.4. The van der Waals surface area contributed by atoms with Gasteiger partial charge < -0.3 is 4.42 Å². The smallest absolute Gasteiger partial charge is 0.164 e. The molecule has 0 atom stereocenters. The first-order chi connectivity index (χ1) is 26.1. The molecule has 6 aromatic carbocycles. The van der Waals surface area contributed by atoms with Crippen LogP contribution in [0.1, 0.15) is 29.8 Å². The Bertz CT molecular complexity index is 2820. The maximum absolute atomic E-state index is 9.44. The van der Waals surface area contributed by atoms with E-state index in [1.807, 2.05) is 91.0 Å². The highest BCUT2D eigenvalue weighted by Crippen LogP contribution is 2.43. The number of aromatic nitrogens is 3. The average molecular weight is 680 g/mol. The second-order valence-corrected chi connectivity index (χ2v) is 12.9. The zero-order valence-electron chi connectivity index (χ0n) is 28.5. The van der Waals surface area contributed by atoms with Gasteiger partial charge in [-0.3, -0.25) is 0 Å². The number of benzene rings is 6. The van der Waals surface area contributed by atoms with E-state index in [1.165, 1.54) is 0 Å². The third kappa shape index (κ3) is 5.95. The molecule has 0 N–H and O–H groups in total. The van der Waals surface area contributed by atoms with Crippen LogP contribution >= 0.6 is 0 Å². The second kappa shape index (κ2) is 13.4. The monoisotopic (exact) mass is 679 g/mol. The predicted octanol–water partition coefficient (Wildman–Crippen LogP) is 11.6. The second-order valence-electron chi connectivity index (χ2n) is 12.9. The molecule has 1 aliphatic carbocycles. The molecule has 0 saturated carbocycles. The minimum Gasteiger partial charge on any atom is -0.455 e. The van der Waals surface area contributed by atoms with Crippen LogP contribution in [-0.4, -0.2) is 15.0 Å². The summed E-state index contributed by atoms with van der Waals surface area (Å²) in [5.41, 5.74) is 11.5. The van der Waals surface area contributed by atoms with Gasteiger partial charge in [-0.1, -0.05) is 109 Å². The van der Waals surface area contributed by atoms with Crippen molar-refractivity contribution in [2.24, 2.45) is 0 Å². The number of hydrogen-bond acceptors (Lipinski definition) is 6. The minimum absolute atomic E-state index is 0.594. The van der Waals surface area contributed by atoms with Crippen LogP contribution < -0.4 is 0 Å². The summed E-state index contributed by atoms with van der Waals surface area (Å²) in [4.78, 5) is 14.7. The molecule has 0 spiro atoms. The molecule has 9 rings (SSSR count). The van der Waals surface area contributed by atoms with E-state index in [0.29, 0.717) is 28.6 Å². The van der Waals surface area contributed by atoms with E-state index < -0.39 is 0 Å². The molecular formula is C47H29N5O. The molecule has 6 heteroatoms. The highest BCUT2D eigenvalue weighted by molar-refractivity contribution is 6.16. The highest BCUT2D eigenvalue weighted by Gasteiger charge is 2.19. The Morgan fingerprint density at radius 3 is 1.77 bits per heavy atom. The Morgan fingerprint density at radius 2 is 1.11 bits per heavy atom. The zero-order chi connectivity index (χ0) is 35.7. The van der Waals surface area contributed by atoms with Crippen LogP contribution in [0.4, 0.5) is 0 Å². The molecule has 6 nitrogen and oxygen atoms in total. The van der Waals surface area contributed by atoms with Crippen LogP contribution in [-0.2, 0) is 0 Å². The van der Waals surface area contributed by atoms with Crippen molar-refractivity contribution in [2.75, 3.05) is 0 Å². The van der Waals surface area contributed by atoms with Gasteiger partial charge in [-0.25, -0.2) is 15.0 Å². The van der Waals surface area contributed by atoms with E-state index in [9.17, 15) is 10.5 Å². The van der Waals surface area contributed by atoms with Gasteiger partial charge >= 0.3 is 0 Å². The van der Waals surface area contributed by atoms with Crippen LogP contribution in [0.25, 0.3) is 83.7 Å². The van der Waals surface area contributed by atoms with Gasteiger partial charge in [-0.15, -0.1) is 0 Å². The lowest BCUT2D eigenvalue weighted by atomic mass is 9.93. The van der Waals surface area contributed by atoms with E-state index in [4.69, 9.17) is 19.4 Å². The lowest BCUT2D eigenvalue weighted by Gasteiger charge is -2.11. The van der Waals surface area contributed by atoms with Crippen LogP contribution in [0.3, 0.4) is 0 Å². The quantitative estimate of drug-likeness (QED) is 0.173. The number of rotatable bonds is 6. The standard InChI is InChI=1S/C47H29N5O/c48-28-30-14-18-32(19-15-30)38-26-40(34-20-16-31(29-49)17-21-34)44-41(27-38)43-39(12-7-13-42(43)53-44)33-22-24-37(25-23-33)47-51-45(35-8-3-1-4-9-35)50-46(52-47)36-10-5-2-6-11-36/h1,3-5,7-27H,2,6H2. The third-order valence-corrected chi connectivity index (χ3v) is 9.64. The Hall–Kier alpha value is -7.41. The number of nitrogens with zero attached hydrogens (tertiary/aromatic N) is 5. The van der Waals surface area contributed by atoms with Crippen molar-refractivity contribution in [1.29, 1.82) is 10.5 Å². The molecule has 0 unspecified atom stereocenters. The van der Waals surface area contributed by atoms with Crippen molar-refractivity contribution >= 4 is 27.5 Å². The molecular weight excluding hydrogens is 651 g/mol. The fraction of sp³-hybridized carbons (Fsp3) is 0.0426. The van der Waals surface area contributed by atoms with Crippen molar-refractivity contribution in [2.45, 2.75) is 12.8 Å². The van der Waals surface area contributed by atoms with Gasteiger partial charge in [0.05, 0.1) is 23.3 Å². The Balaban J connectivity index is 1.18. The number of fused-ring (bicyclic) bond motifs is 3. The number of nitriles is 2. The van der Waals surface area contributed by atoms with Crippen molar-refractivity contribution in [1.82, 2.24) is 15.0 Å². The summed E-state index contributed by atoms with van der Waals surface area (Å²) in [5, 5.41) is 20.8. The molecule has 0 aliphatic heterocycles. The summed E-state index contributed by atoms with van der Waals surface area (Å²) < 4.78 is 6.66. The van der Waals surface area contributed by atoms with Gasteiger partial charge in [-0.2, -0.15) is 10.5 Å². The zero-order valence-corrected chi connectivity index (χ0v) is 28.5. The summed E-state index contributed by atoms with van der Waals surface area (Å²) in [6.45, 7) is 0. The van der Waals surface area contributed by atoms with Gasteiger partial charge in [0.15, 0.2) is 17.5 Å². The highest BCUT2D eigenvalue weighted by atomic mass is 16.3. The van der Waals surface area contributed by atoms with E-state index in [1.54, 1.807) is 0 Å². The first kappa shape index (κ1) is 31.6. The van der Waals surface area contributed by atoms with Crippen molar-refractivity contribution < 1.29 is 4.42 Å². The van der Waals surface area contributed by atoms with Crippen molar-refractivity contribution in [3.8, 4) is 68.3 Å². The number of furan rings is 1. The Morgan fingerprint density at radius 1 is 0.509 bits per heavy atom. The van der Waals surface area contributed by atoms with Gasteiger partial charge in [0.1, 0.15) is 11.2 Å². The fourth-order valence-electron chi connectivity index (χ4n) is 6.94. The predicted molar refractivity (Wildman–Crippen MR) is 210 cm³/mol. The topological polar surface area (TPSA) is 99.4 Å². The van der Waals surface area contributed by atoms with E-state index in [-0.39, 0.29) is 0 Å². The first-order valence-corrected chi connectivity index (χ1v) is 17.4. The van der Waals surface area contributed by atoms with Crippen LogP contribution in [0.15, 0.2) is 156 Å². The summed E-state index contributed by atoms with van der Waals surface area (Å²) in [6.07, 6.45) is 8.42. The number of allylic oxidation sites excluding steroid dienone is 4. The van der Waals surface area contributed by atoms with E-state index in [0.717, 1.165) is 84.9 Å². The summed E-state index contributed by atoms with van der Waals surface area (Å²) in [7, 11) is 0. The summed E-state index contributed by atoms with van der Waals surface area (Å²) in [6, 6.07) is 48.4. The van der Waals surface area contributed by atoms with E-state index >= 15 is 0 Å². The Labute approximate surface area is 306 Å². The lowest BCUT2D eigenvalue weighted by Crippen LogP contribution is -2.03. The van der Waals surface area contributed by atoms with Crippen LogP contribution in [0, 0.1) is 22.7 Å². The molecule has 0 saturated heterocycles. The molecule has 8 aromatic rings. The molecule has 0 bridgehead atoms. The van der Waals surface area contributed by atoms with Crippen molar-refractivity contribution in [3.05, 3.63) is 169 Å². The van der Waals surface area contributed by atoms with Gasteiger partial charge in [0, 0.05) is 33.0 Å². The molecule has 0 amide bonds. The maximum Gasteiger partial charge on any atom is 0.164 e. The summed E-state index contributed by atoms with van der Waals surface area (Å²) >= 11 is 0. The van der Waals surface area contributed by atoms with Crippen LogP contribution in [0.5, 0.6) is 0 Å². The largest absolute Gasteiger partial charge is 0.455 e. The van der Waals surface area contributed by atoms with E-state index in [2.05, 4.69) is 72.8 Å². The average Bonchev–Trinajstić information content (AvgIpc) is 3.63. The van der Waals surface area contributed by atoms with Crippen LogP contribution in [0.2, 0.25) is 0 Å². The molecule has 0 fully saturated rings. The molecule has 2 aromatic heterocycles. The van der Waals surface area contributed by atoms with Gasteiger partial charge in [0.2, 0.25) is 0 Å². The van der Waals surface area contributed by atoms with Gasteiger partial charge in [-0.05, 0) is 83.1 Å². The van der Waals surface area contributed by atoms with Gasteiger partial charge in [0.25, 0.3) is 0 Å². The molecule has 2 heterocycles. The maximum atomic E-state index is 9.44. The van der Waals surface area contributed by atoms with Crippen molar-refractivity contribution in [3.63, 3.8) is 0 Å². The normalized spacial score (nSPS) is 12.4. The molecule has 0 radical (unpaired) electrons.